The lowest BCUT2D eigenvalue weighted by Gasteiger charge is -2.43. The van der Waals surface area contributed by atoms with Crippen molar-refractivity contribution in [1.29, 1.82) is 0 Å². The number of ether oxygens (including phenoxy) is 1. The lowest BCUT2D eigenvalue weighted by atomic mass is 10.1. The van der Waals surface area contributed by atoms with Gasteiger partial charge in [-0.05, 0) is 27.2 Å². The standard InChI is InChI=1S/C17H30N4O3/c1-5-15-12-21(8-7-20(15)9-10-23-6-2)14(4)17(22)18-16-11-13(3)24-19-16/h11,14-15H,5-10,12H2,1-4H3,(H,18,19,22). The summed E-state index contributed by atoms with van der Waals surface area (Å²) in [5.41, 5.74) is 0. The van der Waals surface area contributed by atoms with Gasteiger partial charge in [0.15, 0.2) is 5.82 Å². The second kappa shape index (κ2) is 9.15. The first-order valence-electron chi connectivity index (χ1n) is 8.85. The molecule has 1 N–H and O–H groups in total. The van der Waals surface area contributed by atoms with E-state index in [1.54, 1.807) is 13.0 Å². The van der Waals surface area contributed by atoms with Gasteiger partial charge in [0.25, 0.3) is 0 Å². The number of hydrogen-bond donors (Lipinski definition) is 1. The molecule has 7 heteroatoms. The minimum absolute atomic E-state index is 0.0408. The Morgan fingerprint density at radius 3 is 2.92 bits per heavy atom. The SMILES string of the molecule is CCOCCN1CCN(C(C)C(=O)Nc2cc(C)on2)CC1CC. The van der Waals surface area contributed by atoms with E-state index in [4.69, 9.17) is 9.26 Å². The zero-order chi connectivity index (χ0) is 17.5. The fourth-order valence-electron chi connectivity index (χ4n) is 3.10. The maximum absolute atomic E-state index is 12.4. The number of carbonyl (C=O) groups excluding carboxylic acids is 1. The first-order valence-corrected chi connectivity index (χ1v) is 8.85. The average molecular weight is 338 g/mol. The highest BCUT2D eigenvalue weighted by atomic mass is 16.5. The van der Waals surface area contributed by atoms with Crippen LogP contribution >= 0.6 is 0 Å². The Labute approximate surface area is 144 Å². The number of rotatable bonds is 8. The Bertz CT molecular complexity index is 520. The van der Waals surface area contributed by atoms with Crippen LogP contribution in [0.15, 0.2) is 10.6 Å². The molecule has 1 aliphatic rings. The monoisotopic (exact) mass is 338 g/mol. The summed E-state index contributed by atoms with van der Waals surface area (Å²) in [4.78, 5) is 17.2. The molecule has 0 saturated carbocycles. The number of anilines is 1. The minimum Gasteiger partial charge on any atom is -0.380 e. The number of piperazine rings is 1. The van der Waals surface area contributed by atoms with Gasteiger partial charge in [0.2, 0.25) is 5.91 Å². The molecule has 0 radical (unpaired) electrons. The average Bonchev–Trinajstić information content (AvgIpc) is 2.99. The van der Waals surface area contributed by atoms with E-state index in [2.05, 4.69) is 27.2 Å². The molecule has 7 nitrogen and oxygen atoms in total. The molecule has 24 heavy (non-hydrogen) atoms. The van der Waals surface area contributed by atoms with E-state index >= 15 is 0 Å². The molecule has 136 valence electrons. The number of nitrogens with zero attached hydrogens (tertiary/aromatic N) is 3. The van der Waals surface area contributed by atoms with Crippen LogP contribution < -0.4 is 5.32 Å². The highest BCUT2D eigenvalue weighted by Crippen LogP contribution is 2.16. The van der Waals surface area contributed by atoms with E-state index in [0.29, 0.717) is 17.6 Å². The molecule has 1 aromatic rings. The predicted molar refractivity (Wildman–Crippen MR) is 93.0 cm³/mol. The molecule has 0 aromatic carbocycles. The van der Waals surface area contributed by atoms with Crippen LogP contribution in [0.2, 0.25) is 0 Å². The topological polar surface area (TPSA) is 70.8 Å². The molecule has 2 rings (SSSR count). The second-order valence-electron chi connectivity index (χ2n) is 6.28. The summed E-state index contributed by atoms with van der Waals surface area (Å²) >= 11 is 0. The molecule has 1 aromatic heterocycles. The molecule has 1 aliphatic heterocycles. The fourth-order valence-corrected chi connectivity index (χ4v) is 3.10. The maximum Gasteiger partial charge on any atom is 0.242 e. The summed E-state index contributed by atoms with van der Waals surface area (Å²) in [5, 5.41) is 6.65. The molecular formula is C17H30N4O3. The summed E-state index contributed by atoms with van der Waals surface area (Å²) in [6, 6.07) is 2.00. The van der Waals surface area contributed by atoms with Gasteiger partial charge in [-0.3, -0.25) is 14.6 Å². The lowest BCUT2D eigenvalue weighted by molar-refractivity contribution is -0.122. The molecule has 1 saturated heterocycles. The van der Waals surface area contributed by atoms with Crippen molar-refractivity contribution in [3.05, 3.63) is 11.8 Å². The van der Waals surface area contributed by atoms with Crippen LogP contribution in [0.1, 0.15) is 33.0 Å². The molecule has 0 spiro atoms. The van der Waals surface area contributed by atoms with Gasteiger partial charge in [-0.1, -0.05) is 12.1 Å². The van der Waals surface area contributed by atoms with Crippen LogP contribution in [-0.4, -0.2) is 72.3 Å². The lowest BCUT2D eigenvalue weighted by Crippen LogP contribution is -2.57. The third kappa shape index (κ3) is 5.03. The summed E-state index contributed by atoms with van der Waals surface area (Å²) < 4.78 is 10.5. The van der Waals surface area contributed by atoms with Crippen molar-refractivity contribution >= 4 is 11.7 Å². The predicted octanol–water partition coefficient (Wildman–Crippen LogP) is 1.74. The third-order valence-corrected chi connectivity index (χ3v) is 4.64. The van der Waals surface area contributed by atoms with Crippen LogP contribution in [0.3, 0.4) is 0 Å². The Kier molecular flexibility index (Phi) is 7.20. The van der Waals surface area contributed by atoms with Gasteiger partial charge in [0, 0.05) is 44.9 Å². The van der Waals surface area contributed by atoms with Crippen molar-refractivity contribution in [1.82, 2.24) is 15.0 Å². The van der Waals surface area contributed by atoms with E-state index in [9.17, 15) is 4.79 Å². The van der Waals surface area contributed by atoms with Crippen LogP contribution in [0, 0.1) is 6.92 Å². The number of hydrogen-bond acceptors (Lipinski definition) is 6. The van der Waals surface area contributed by atoms with E-state index < -0.39 is 0 Å². The summed E-state index contributed by atoms with van der Waals surface area (Å²) in [5.74, 6) is 1.12. The first kappa shape index (κ1) is 18.9. The number of carbonyl (C=O) groups is 1. The van der Waals surface area contributed by atoms with E-state index in [-0.39, 0.29) is 11.9 Å². The number of aromatic nitrogens is 1. The normalized spacial score (nSPS) is 20.9. The molecule has 0 bridgehead atoms. The Morgan fingerprint density at radius 1 is 1.50 bits per heavy atom. The van der Waals surface area contributed by atoms with Crippen LogP contribution in [0.5, 0.6) is 0 Å². The minimum atomic E-state index is -0.190. The van der Waals surface area contributed by atoms with Crippen molar-refractivity contribution in [3.63, 3.8) is 0 Å². The van der Waals surface area contributed by atoms with Gasteiger partial charge in [-0.15, -0.1) is 0 Å². The molecular weight excluding hydrogens is 308 g/mol. The van der Waals surface area contributed by atoms with Crippen LogP contribution in [0.4, 0.5) is 5.82 Å². The highest BCUT2D eigenvalue weighted by Gasteiger charge is 2.30. The number of nitrogens with one attached hydrogen (secondary N) is 1. The van der Waals surface area contributed by atoms with E-state index in [1.807, 2.05) is 13.8 Å². The molecule has 1 fully saturated rings. The summed E-state index contributed by atoms with van der Waals surface area (Å²) in [6.07, 6.45) is 1.07. The summed E-state index contributed by atoms with van der Waals surface area (Å²) in [7, 11) is 0. The van der Waals surface area contributed by atoms with Crippen molar-refractivity contribution in [2.75, 3.05) is 44.7 Å². The smallest absolute Gasteiger partial charge is 0.242 e. The number of aryl methyl sites for hydroxylation is 1. The molecule has 1 amide bonds. The van der Waals surface area contributed by atoms with Gasteiger partial charge < -0.3 is 14.6 Å². The van der Waals surface area contributed by atoms with Crippen LogP contribution in [0.25, 0.3) is 0 Å². The third-order valence-electron chi connectivity index (χ3n) is 4.64. The van der Waals surface area contributed by atoms with Crippen molar-refractivity contribution in [2.45, 2.75) is 46.2 Å². The second-order valence-corrected chi connectivity index (χ2v) is 6.28. The fraction of sp³-hybridized carbons (Fsp3) is 0.765. The largest absolute Gasteiger partial charge is 0.380 e. The van der Waals surface area contributed by atoms with Gasteiger partial charge in [-0.2, -0.15) is 0 Å². The number of amides is 1. The van der Waals surface area contributed by atoms with Crippen molar-refractivity contribution < 1.29 is 14.1 Å². The van der Waals surface area contributed by atoms with E-state index in [0.717, 1.165) is 45.8 Å². The van der Waals surface area contributed by atoms with Gasteiger partial charge >= 0.3 is 0 Å². The Hall–Kier alpha value is -1.44. The maximum atomic E-state index is 12.4. The van der Waals surface area contributed by atoms with Crippen molar-refractivity contribution in [2.24, 2.45) is 0 Å². The Morgan fingerprint density at radius 2 is 2.29 bits per heavy atom. The molecule has 2 heterocycles. The van der Waals surface area contributed by atoms with Gasteiger partial charge in [0.05, 0.1) is 12.6 Å². The zero-order valence-corrected chi connectivity index (χ0v) is 15.2. The van der Waals surface area contributed by atoms with Crippen molar-refractivity contribution in [3.8, 4) is 0 Å². The van der Waals surface area contributed by atoms with Gasteiger partial charge in [-0.25, -0.2) is 0 Å². The quantitative estimate of drug-likeness (QED) is 0.728. The molecule has 2 atom stereocenters. The zero-order valence-electron chi connectivity index (χ0n) is 15.2. The molecule has 2 unspecified atom stereocenters. The summed E-state index contributed by atoms with van der Waals surface area (Å²) in [6.45, 7) is 13.2. The van der Waals surface area contributed by atoms with Crippen LogP contribution in [-0.2, 0) is 9.53 Å². The molecule has 0 aliphatic carbocycles. The first-order chi connectivity index (χ1) is 11.5. The highest BCUT2D eigenvalue weighted by molar-refractivity contribution is 5.93. The van der Waals surface area contributed by atoms with E-state index in [1.165, 1.54) is 0 Å². The Balaban J connectivity index is 1.86. The van der Waals surface area contributed by atoms with Gasteiger partial charge in [0.1, 0.15) is 5.76 Å².